The molecule has 1 nitrogen and oxygen atoms in total. The zero-order chi connectivity index (χ0) is 14.7. The maximum Gasteiger partial charge on any atom is 0.0245 e. The monoisotopic (exact) mass is 275 g/mol. The highest BCUT2D eigenvalue weighted by molar-refractivity contribution is 5.35. The topological polar surface area (TPSA) is 12.0 Å². The van der Waals surface area contributed by atoms with Crippen molar-refractivity contribution >= 4 is 0 Å². The summed E-state index contributed by atoms with van der Waals surface area (Å²) in [5, 5.41) is 3.67. The normalized spacial score (nSPS) is 24.1. The van der Waals surface area contributed by atoms with Gasteiger partial charge in [-0.05, 0) is 41.5 Å². The van der Waals surface area contributed by atoms with Crippen molar-refractivity contribution in [3.05, 3.63) is 71.3 Å². The van der Waals surface area contributed by atoms with Gasteiger partial charge in [-0.25, -0.2) is 0 Å². The molecule has 0 aliphatic heterocycles. The molecule has 3 unspecified atom stereocenters. The van der Waals surface area contributed by atoms with E-state index >= 15 is 0 Å². The minimum Gasteiger partial charge on any atom is -0.310 e. The summed E-state index contributed by atoms with van der Waals surface area (Å²) in [7, 11) is 0. The Labute approximate surface area is 127 Å². The van der Waals surface area contributed by atoms with Crippen LogP contribution in [-0.4, -0.2) is 6.04 Å². The van der Waals surface area contributed by atoms with Gasteiger partial charge in [0.2, 0.25) is 0 Å². The Kier molecular flexibility index (Phi) is 4.08. The van der Waals surface area contributed by atoms with E-state index in [2.05, 4.69) is 60.6 Å². The van der Waals surface area contributed by atoms with E-state index in [9.17, 15) is 0 Å². The molecule has 21 heavy (non-hydrogen) atoms. The number of hydrogen-bond acceptors (Lipinski definition) is 1. The lowest BCUT2D eigenvalue weighted by Gasteiger charge is -2.44. The van der Waals surface area contributed by atoms with Crippen molar-refractivity contribution < 1.29 is 0 Å². The number of benzene rings is 2. The molecule has 0 amide bonds. The summed E-state index contributed by atoms with van der Waals surface area (Å²) < 4.78 is 0. The van der Waals surface area contributed by atoms with E-state index in [-0.39, 0.29) is 0 Å². The summed E-state index contributed by atoms with van der Waals surface area (Å²) in [6, 6.07) is 19.7. The van der Waals surface area contributed by atoms with Crippen LogP contribution in [-0.2, 0) is 6.54 Å². The highest BCUT2D eigenvalue weighted by atomic mass is 14.9. The fourth-order valence-electron chi connectivity index (χ4n) is 3.22. The number of nitrogens with one attached hydrogen (secondary N) is 1. The van der Waals surface area contributed by atoms with E-state index in [1.165, 1.54) is 17.5 Å². The van der Waals surface area contributed by atoms with E-state index in [0.717, 1.165) is 12.1 Å². The van der Waals surface area contributed by atoms with Crippen LogP contribution in [0, 0.1) is 18.3 Å². The Morgan fingerprint density at radius 2 is 1.95 bits per heavy atom. The first-order valence-corrected chi connectivity index (χ1v) is 7.62. The zero-order valence-corrected chi connectivity index (χ0v) is 12.4. The van der Waals surface area contributed by atoms with Crippen LogP contribution in [0.5, 0.6) is 0 Å². The van der Waals surface area contributed by atoms with Crippen molar-refractivity contribution in [2.24, 2.45) is 5.92 Å². The maximum atomic E-state index is 5.45. The van der Waals surface area contributed by atoms with Crippen LogP contribution in [0.1, 0.15) is 36.0 Å². The van der Waals surface area contributed by atoms with Gasteiger partial charge in [0.15, 0.2) is 0 Å². The standard InChI is InChI=1S/C20H21N/c1-3-16-8-7-9-17(12-16)14-21-20-13-19(15(20)2)18-10-5-4-6-11-18/h1,4-12,15,19-21H,13-14H2,2H3. The van der Waals surface area contributed by atoms with E-state index in [0.29, 0.717) is 17.9 Å². The van der Waals surface area contributed by atoms with Crippen molar-refractivity contribution in [1.82, 2.24) is 5.32 Å². The third-order valence-corrected chi connectivity index (χ3v) is 4.67. The molecule has 1 aliphatic carbocycles. The molecular weight excluding hydrogens is 254 g/mol. The number of rotatable bonds is 4. The fourth-order valence-corrected chi connectivity index (χ4v) is 3.22. The van der Waals surface area contributed by atoms with E-state index < -0.39 is 0 Å². The lowest BCUT2D eigenvalue weighted by Crippen LogP contribution is -2.47. The van der Waals surface area contributed by atoms with Crippen molar-refractivity contribution in [2.75, 3.05) is 0 Å². The lowest BCUT2D eigenvalue weighted by atomic mass is 9.67. The molecule has 3 rings (SSSR count). The molecule has 3 atom stereocenters. The van der Waals surface area contributed by atoms with Crippen LogP contribution in [0.25, 0.3) is 0 Å². The van der Waals surface area contributed by atoms with E-state index in [1.54, 1.807) is 0 Å². The van der Waals surface area contributed by atoms with Gasteiger partial charge in [0, 0.05) is 18.2 Å². The largest absolute Gasteiger partial charge is 0.310 e. The van der Waals surface area contributed by atoms with Gasteiger partial charge < -0.3 is 5.32 Å². The Balaban J connectivity index is 1.55. The molecule has 0 bridgehead atoms. The zero-order valence-electron chi connectivity index (χ0n) is 12.4. The Morgan fingerprint density at radius 1 is 1.14 bits per heavy atom. The van der Waals surface area contributed by atoms with Crippen LogP contribution in [0.4, 0.5) is 0 Å². The van der Waals surface area contributed by atoms with Crippen LogP contribution >= 0.6 is 0 Å². The molecule has 1 saturated carbocycles. The first kappa shape index (κ1) is 13.9. The predicted octanol–water partition coefficient (Wildman–Crippen LogP) is 3.95. The molecule has 2 aromatic rings. The first-order chi connectivity index (χ1) is 10.3. The van der Waals surface area contributed by atoms with Gasteiger partial charge in [-0.3, -0.25) is 0 Å². The van der Waals surface area contributed by atoms with Crippen LogP contribution in [0.3, 0.4) is 0 Å². The van der Waals surface area contributed by atoms with Gasteiger partial charge in [-0.15, -0.1) is 6.42 Å². The smallest absolute Gasteiger partial charge is 0.0245 e. The molecule has 1 heteroatoms. The lowest BCUT2D eigenvalue weighted by molar-refractivity contribution is 0.183. The Morgan fingerprint density at radius 3 is 2.67 bits per heavy atom. The number of hydrogen-bond donors (Lipinski definition) is 1. The third-order valence-electron chi connectivity index (χ3n) is 4.67. The van der Waals surface area contributed by atoms with Gasteiger partial charge in [0.1, 0.15) is 0 Å². The third kappa shape index (κ3) is 3.01. The van der Waals surface area contributed by atoms with Crippen molar-refractivity contribution in [3.8, 4) is 12.3 Å². The molecule has 0 aromatic heterocycles. The van der Waals surface area contributed by atoms with Crippen LogP contribution in [0.2, 0.25) is 0 Å². The molecule has 0 heterocycles. The quantitative estimate of drug-likeness (QED) is 0.833. The van der Waals surface area contributed by atoms with Crippen molar-refractivity contribution in [2.45, 2.75) is 31.8 Å². The van der Waals surface area contributed by atoms with Gasteiger partial charge >= 0.3 is 0 Å². The summed E-state index contributed by atoms with van der Waals surface area (Å²) in [5.41, 5.74) is 3.69. The molecule has 0 spiro atoms. The van der Waals surface area contributed by atoms with Crippen molar-refractivity contribution in [3.63, 3.8) is 0 Å². The van der Waals surface area contributed by atoms with E-state index in [4.69, 9.17) is 6.42 Å². The second kappa shape index (κ2) is 6.16. The minimum atomic E-state index is 0.602. The average molecular weight is 275 g/mol. The minimum absolute atomic E-state index is 0.602. The average Bonchev–Trinajstić information content (AvgIpc) is 2.54. The number of terminal acetylenes is 1. The fraction of sp³-hybridized carbons (Fsp3) is 0.300. The molecule has 1 fully saturated rings. The summed E-state index contributed by atoms with van der Waals surface area (Å²) in [6.45, 7) is 3.24. The summed E-state index contributed by atoms with van der Waals surface area (Å²) in [6.07, 6.45) is 6.67. The van der Waals surface area contributed by atoms with Crippen molar-refractivity contribution in [1.29, 1.82) is 0 Å². The molecule has 106 valence electrons. The molecule has 0 saturated heterocycles. The highest BCUT2D eigenvalue weighted by Crippen LogP contribution is 2.42. The SMILES string of the molecule is C#Cc1cccc(CNC2CC(c3ccccc3)C2C)c1. The summed E-state index contributed by atoms with van der Waals surface area (Å²) in [4.78, 5) is 0. The Bertz CT molecular complexity index is 638. The molecular formula is C20H21N. The van der Waals surface area contributed by atoms with Crippen LogP contribution < -0.4 is 5.32 Å². The second-order valence-corrected chi connectivity index (χ2v) is 5.94. The molecule has 2 aromatic carbocycles. The summed E-state index contributed by atoms with van der Waals surface area (Å²) >= 11 is 0. The maximum absolute atomic E-state index is 5.45. The van der Waals surface area contributed by atoms with Gasteiger partial charge in [-0.1, -0.05) is 55.3 Å². The predicted molar refractivity (Wildman–Crippen MR) is 88.0 cm³/mol. The molecule has 0 radical (unpaired) electrons. The molecule has 1 aliphatic rings. The first-order valence-electron chi connectivity index (χ1n) is 7.62. The highest BCUT2D eigenvalue weighted by Gasteiger charge is 2.37. The van der Waals surface area contributed by atoms with E-state index in [1.807, 2.05) is 12.1 Å². The second-order valence-electron chi connectivity index (χ2n) is 5.94. The molecule has 1 N–H and O–H groups in total. The summed E-state index contributed by atoms with van der Waals surface area (Å²) in [5.74, 6) is 4.07. The van der Waals surface area contributed by atoms with Gasteiger partial charge in [0.05, 0.1) is 0 Å². The van der Waals surface area contributed by atoms with Gasteiger partial charge in [0.25, 0.3) is 0 Å². The van der Waals surface area contributed by atoms with Gasteiger partial charge in [-0.2, -0.15) is 0 Å². The Hall–Kier alpha value is -2.04. The van der Waals surface area contributed by atoms with Crippen LogP contribution in [0.15, 0.2) is 54.6 Å².